The molecular formula is C23H32N2. The van der Waals surface area contributed by atoms with Crippen LogP contribution >= 0.6 is 0 Å². The maximum Gasteiger partial charge on any atom is 0.0602 e. The summed E-state index contributed by atoms with van der Waals surface area (Å²) in [6, 6.07) is 22.3. The minimum Gasteiger partial charge on any atom is -0.301 e. The lowest BCUT2D eigenvalue weighted by Crippen LogP contribution is -2.48. The molecule has 0 aliphatic carbocycles. The van der Waals surface area contributed by atoms with Gasteiger partial charge in [-0.25, -0.2) is 0 Å². The van der Waals surface area contributed by atoms with Gasteiger partial charge in [0.1, 0.15) is 0 Å². The third kappa shape index (κ3) is 5.17. The first-order chi connectivity index (χ1) is 12.4. The molecule has 25 heavy (non-hydrogen) atoms. The Balaban J connectivity index is 1.63. The summed E-state index contributed by atoms with van der Waals surface area (Å²) in [7, 11) is 0. The summed E-state index contributed by atoms with van der Waals surface area (Å²) in [5, 5.41) is 0. The highest BCUT2D eigenvalue weighted by molar-refractivity contribution is 5.31. The van der Waals surface area contributed by atoms with Crippen LogP contribution in [0.5, 0.6) is 0 Å². The molecule has 1 heterocycles. The number of benzene rings is 2. The van der Waals surface area contributed by atoms with Crippen LogP contribution in [0.2, 0.25) is 0 Å². The van der Waals surface area contributed by atoms with Crippen molar-refractivity contribution in [2.75, 3.05) is 32.7 Å². The van der Waals surface area contributed by atoms with E-state index in [1.807, 2.05) is 0 Å². The second-order valence-electron chi connectivity index (χ2n) is 7.16. The van der Waals surface area contributed by atoms with E-state index in [4.69, 9.17) is 0 Å². The third-order valence-corrected chi connectivity index (χ3v) is 5.33. The predicted molar refractivity (Wildman–Crippen MR) is 107 cm³/mol. The molecule has 0 saturated carbocycles. The van der Waals surface area contributed by atoms with Crippen molar-refractivity contribution < 1.29 is 0 Å². The highest BCUT2D eigenvalue weighted by Crippen LogP contribution is 2.29. The van der Waals surface area contributed by atoms with E-state index in [-0.39, 0.29) is 0 Å². The molecule has 0 unspecified atom stereocenters. The van der Waals surface area contributed by atoms with Crippen molar-refractivity contribution in [1.82, 2.24) is 9.80 Å². The van der Waals surface area contributed by atoms with Crippen LogP contribution in [-0.4, -0.2) is 42.5 Å². The lowest BCUT2D eigenvalue weighted by atomic mass is 9.96. The highest BCUT2D eigenvalue weighted by atomic mass is 15.3. The summed E-state index contributed by atoms with van der Waals surface area (Å²) >= 11 is 0. The van der Waals surface area contributed by atoms with Gasteiger partial charge in [-0.3, -0.25) is 4.90 Å². The Kier molecular flexibility index (Phi) is 7.08. The zero-order valence-corrected chi connectivity index (χ0v) is 15.6. The molecule has 3 rings (SSSR count). The molecule has 2 nitrogen and oxygen atoms in total. The molecule has 134 valence electrons. The summed E-state index contributed by atoms with van der Waals surface area (Å²) in [6.45, 7) is 8.26. The quantitative estimate of drug-likeness (QED) is 0.628. The molecule has 2 heteroatoms. The van der Waals surface area contributed by atoms with Crippen molar-refractivity contribution >= 4 is 0 Å². The first-order valence-electron chi connectivity index (χ1n) is 9.95. The van der Waals surface area contributed by atoms with E-state index in [9.17, 15) is 0 Å². The summed E-state index contributed by atoms with van der Waals surface area (Å²) in [6.07, 6.45) is 5.44. The second-order valence-corrected chi connectivity index (χ2v) is 7.16. The van der Waals surface area contributed by atoms with Crippen molar-refractivity contribution in [2.45, 2.75) is 38.6 Å². The van der Waals surface area contributed by atoms with Gasteiger partial charge in [-0.2, -0.15) is 0 Å². The molecular weight excluding hydrogens is 304 g/mol. The Morgan fingerprint density at radius 3 is 1.80 bits per heavy atom. The Bertz CT molecular complexity index is 549. The molecule has 0 bridgehead atoms. The van der Waals surface area contributed by atoms with E-state index < -0.39 is 0 Å². The number of hydrogen-bond acceptors (Lipinski definition) is 2. The lowest BCUT2D eigenvalue weighted by molar-refractivity contribution is 0.108. The van der Waals surface area contributed by atoms with Crippen molar-refractivity contribution in [2.24, 2.45) is 0 Å². The van der Waals surface area contributed by atoms with Crippen LogP contribution in [0.4, 0.5) is 0 Å². The molecule has 1 fully saturated rings. The van der Waals surface area contributed by atoms with Gasteiger partial charge in [0, 0.05) is 26.2 Å². The van der Waals surface area contributed by atoms with E-state index in [2.05, 4.69) is 77.4 Å². The first kappa shape index (κ1) is 18.2. The van der Waals surface area contributed by atoms with E-state index >= 15 is 0 Å². The summed E-state index contributed by atoms with van der Waals surface area (Å²) < 4.78 is 0. The average Bonchev–Trinajstić information content (AvgIpc) is 2.68. The summed E-state index contributed by atoms with van der Waals surface area (Å²) in [4.78, 5) is 5.31. The molecule has 0 aromatic heterocycles. The van der Waals surface area contributed by atoms with E-state index in [1.165, 1.54) is 56.4 Å². The number of hydrogen-bond donors (Lipinski definition) is 0. The minimum atomic E-state index is 0.379. The SMILES string of the molecule is CCCCCCN1CCN(C(c2ccccc2)c2ccccc2)CC1. The fraction of sp³-hybridized carbons (Fsp3) is 0.478. The first-order valence-corrected chi connectivity index (χ1v) is 9.95. The average molecular weight is 337 g/mol. The molecule has 0 spiro atoms. The molecule has 1 aliphatic heterocycles. The number of unbranched alkanes of at least 4 members (excludes halogenated alkanes) is 3. The lowest BCUT2D eigenvalue weighted by Gasteiger charge is -2.39. The smallest absolute Gasteiger partial charge is 0.0602 e. The van der Waals surface area contributed by atoms with Crippen LogP contribution in [-0.2, 0) is 0 Å². The van der Waals surface area contributed by atoms with Crippen LogP contribution in [0.15, 0.2) is 60.7 Å². The fourth-order valence-electron chi connectivity index (χ4n) is 3.89. The molecule has 2 aromatic carbocycles. The van der Waals surface area contributed by atoms with Crippen molar-refractivity contribution in [3.8, 4) is 0 Å². The van der Waals surface area contributed by atoms with Gasteiger partial charge in [-0.15, -0.1) is 0 Å². The zero-order chi connectivity index (χ0) is 17.3. The Morgan fingerprint density at radius 2 is 1.28 bits per heavy atom. The topological polar surface area (TPSA) is 6.48 Å². The van der Waals surface area contributed by atoms with Crippen LogP contribution in [0.3, 0.4) is 0 Å². The Morgan fingerprint density at radius 1 is 0.720 bits per heavy atom. The summed E-state index contributed by atoms with van der Waals surface area (Å²) in [5.74, 6) is 0. The van der Waals surface area contributed by atoms with Crippen LogP contribution in [0, 0.1) is 0 Å². The van der Waals surface area contributed by atoms with Gasteiger partial charge in [0.25, 0.3) is 0 Å². The van der Waals surface area contributed by atoms with Gasteiger partial charge >= 0.3 is 0 Å². The van der Waals surface area contributed by atoms with Crippen molar-refractivity contribution in [1.29, 1.82) is 0 Å². The minimum absolute atomic E-state index is 0.379. The predicted octanol–water partition coefficient (Wildman–Crippen LogP) is 4.97. The van der Waals surface area contributed by atoms with E-state index in [0.717, 1.165) is 13.1 Å². The molecule has 0 atom stereocenters. The molecule has 0 radical (unpaired) electrons. The zero-order valence-electron chi connectivity index (χ0n) is 15.6. The molecule has 1 aliphatic rings. The maximum atomic E-state index is 2.66. The molecule has 0 N–H and O–H groups in total. The standard InChI is InChI=1S/C23H32N2/c1-2-3-4-11-16-24-17-19-25(20-18-24)23(21-12-7-5-8-13-21)22-14-9-6-10-15-22/h5-10,12-15,23H,2-4,11,16-20H2,1H3. The highest BCUT2D eigenvalue weighted by Gasteiger charge is 2.25. The molecule has 2 aromatic rings. The van der Waals surface area contributed by atoms with E-state index in [0.29, 0.717) is 6.04 Å². The van der Waals surface area contributed by atoms with E-state index in [1.54, 1.807) is 0 Å². The second kappa shape index (κ2) is 9.74. The van der Waals surface area contributed by atoms with Gasteiger partial charge in [0.2, 0.25) is 0 Å². The van der Waals surface area contributed by atoms with Gasteiger partial charge in [-0.05, 0) is 24.1 Å². The Hall–Kier alpha value is -1.64. The van der Waals surface area contributed by atoms with Gasteiger partial charge < -0.3 is 4.90 Å². The van der Waals surface area contributed by atoms with Crippen molar-refractivity contribution in [3.63, 3.8) is 0 Å². The van der Waals surface area contributed by atoms with Crippen LogP contribution < -0.4 is 0 Å². The van der Waals surface area contributed by atoms with Gasteiger partial charge in [0.15, 0.2) is 0 Å². The van der Waals surface area contributed by atoms with Crippen molar-refractivity contribution in [3.05, 3.63) is 71.8 Å². The monoisotopic (exact) mass is 336 g/mol. The fourth-order valence-corrected chi connectivity index (χ4v) is 3.89. The van der Waals surface area contributed by atoms with Gasteiger partial charge in [-0.1, -0.05) is 86.8 Å². The normalized spacial score (nSPS) is 16.4. The molecule has 1 saturated heterocycles. The maximum absolute atomic E-state index is 2.66. The number of nitrogens with zero attached hydrogens (tertiary/aromatic N) is 2. The Labute approximate surface area is 153 Å². The van der Waals surface area contributed by atoms with Crippen LogP contribution in [0.25, 0.3) is 0 Å². The largest absolute Gasteiger partial charge is 0.301 e. The third-order valence-electron chi connectivity index (χ3n) is 5.33. The number of rotatable bonds is 8. The molecule has 0 amide bonds. The van der Waals surface area contributed by atoms with Gasteiger partial charge in [0.05, 0.1) is 6.04 Å². The van der Waals surface area contributed by atoms with Crippen LogP contribution in [0.1, 0.15) is 49.8 Å². The summed E-state index contributed by atoms with van der Waals surface area (Å²) in [5.41, 5.74) is 2.81. The number of piperazine rings is 1.